The van der Waals surface area contributed by atoms with Crippen LogP contribution in [0.4, 0.5) is 8.78 Å². The van der Waals surface area contributed by atoms with Crippen LogP contribution in [0.1, 0.15) is 16.7 Å². The van der Waals surface area contributed by atoms with Crippen LogP contribution in [0.5, 0.6) is 0 Å². The molecule has 2 aromatic carbocycles. The van der Waals surface area contributed by atoms with E-state index in [-0.39, 0.29) is 18.2 Å². The summed E-state index contributed by atoms with van der Waals surface area (Å²) in [5, 5.41) is 0. The highest BCUT2D eigenvalue weighted by molar-refractivity contribution is 5.26. The van der Waals surface area contributed by atoms with Crippen molar-refractivity contribution in [3.8, 4) is 0 Å². The lowest BCUT2D eigenvalue weighted by atomic mass is 10.1. The second-order valence-electron chi connectivity index (χ2n) is 4.86. The Bertz CT molecular complexity index is 584. The summed E-state index contributed by atoms with van der Waals surface area (Å²) in [6.45, 7) is 1.02. The average molecular weight is 276 g/mol. The van der Waals surface area contributed by atoms with Gasteiger partial charge in [-0.1, -0.05) is 36.4 Å². The van der Waals surface area contributed by atoms with Crippen LogP contribution in [0, 0.1) is 11.6 Å². The monoisotopic (exact) mass is 276 g/mol. The molecule has 2 rings (SSSR count). The molecule has 0 bridgehead atoms. The standard InChI is InChI=1S/C16H18F2N2/c1-20(10-13-5-2-3-8-15(13)17)11-14-7-4-6-12(9-19)16(14)18/h2-8H,9-11,19H2,1H3. The highest BCUT2D eigenvalue weighted by Crippen LogP contribution is 2.16. The molecule has 0 aromatic heterocycles. The average Bonchev–Trinajstić information content (AvgIpc) is 2.44. The summed E-state index contributed by atoms with van der Waals surface area (Å²) in [6, 6.07) is 11.8. The van der Waals surface area contributed by atoms with Crippen molar-refractivity contribution in [3.63, 3.8) is 0 Å². The molecular formula is C16H18F2N2. The molecule has 2 aromatic rings. The molecule has 0 saturated heterocycles. The van der Waals surface area contributed by atoms with Gasteiger partial charge in [-0.3, -0.25) is 4.90 Å². The topological polar surface area (TPSA) is 29.3 Å². The molecule has 0 spiro atoms. The summed E-state index contributed by atoms with van der Waals surface area (Å²) in [4.78, 5) is 1.87. The number of nitrogens with zero attached hydrogens (tertiary/aromatic N) is 1. The Hall–Kier alpha value is -1.78. The summed E-state index contributed by atoms with van der Waals surface area (Å²) < 4.78 is 27.6. The molecule has 106 valence electrons. The summed E-state index contributed by atoms with van der Waals surface area (Å²) in [7, 11) is 1.83. The minimum atomic E-state index is -0.268. The minimum Gasteiger partial charge on any atom is -0.326 e. The number of benzene rings is 2. The molecule has 20 heavy (non-hydrogen) atoms. The first-order valence-electron chi connectivity index (χ1n) is 6.50. The smallest absolute Gasteiger partial charge is 0.132 e. The minimum absolute atomic E-state index is 0.177. The van der Waals surface area contributed by atoms with E-state index in [1.807, 2.05) is 11.9 Å². The highest BCUT2D eigenvalue weighted by atomic mass is 19.1. The molecule has 0 aliphatic heterocycles. The quantitative estimate of drug-likeness (QED) is 0.909. The van der Waals surface area contributed by atoms with Gasteiger partial charge in [0.2, 0.25) is 0 Å². The van der Waals surface area contributed by atoms with Gasteiger partial charge in [0.1, 0.15) is 11.6 Å². The first-order valence-corrected chi connectivity index (χ1v) is 6.50. The van der Waals surface area contributed by atoms with Crippen molar-refractivity contribution < 1.29 is 8.78 Å². The molecular weight excluding hydrogens is 258 g/mol. The Morgan fingerprint density at radius 1 is 0.900 bits per heavy atom. The third kappa shape index (κ3) is 3.40. The maximum atomic E-state index is 14.1. The van der Waals surface area contributed by atoms with Crippen molar-refractivity contribution in [1.29, 1.82) is 0 Å². The molecule has 2 N–H and O–H groups in total. The van der Waals surface area contributed by atoms with Gasteiger partial charge in [-0.25, -0.2) is 8.78 Å². The largest absolute Gasteiger partial charge is 0.326 e. The maximum Gasteiger partial charge on any atom is 0.132 e. The van der Waals surface area contributed by atoms with Crippen LogP contribution in [-0.4, -0.2) is 11.9 Å². The fraction of sp³-hybridized carbons (Fsp3) is 0.250. The van der Waals surface area contributed by atoms with E-state index in [4.69, 9.17) is 5.73 Å². The third-order valence-corrected chi connectivity index (χ3v) is 3.22. The Morgan fingerprint density at radius 3 is 2.20 bits per heavy atom. The fourth-order valence-corrected chi connectivity index (χ4v) is 2.18. The van der Waals surface area contributed by atoms with E-state index in [0.29, 0.717) is 29.8 Å². The number of hydrogen-bond acceptors (Lipinski definition) is 2. The summed E-state index contributed by atoms with van der Waals surface area (Å²) >= 11 is 0. The van der Waals surface area contributed by atoms with E-state index in [2.05, 4.69) is 0 Å². The van der Waals surface area contributed by atoms with E-state index in [9.17, 15) is 8.78 Å². The van der Waals surface area contributed by atoms with Gasteiger partial charge in [0, 0.05) is 36.3 Å². The summed E-state index contributed by atoms with van der Waals surface area (Å²) in [5.41, 5.74) is 7.17. The van der Waals surface area contributed by atoms with Crippen molar-refractivity contribution >= 4 is 0 Å². The molecule has 0 radical (unpaired) electrons. The number of rotatable bonds is 5. The second kappa shape index (κ2) is 6.59. The Kier molecular flexibility index (Phi) is 4.82. The van der Waals surface area contributed by atoms with Gasteiger partial charge in [0.05, 0.1) is 0 Å². The third-order valence-electron chi connectivity index (χ3n) is 3.22. The van der Waals surface area contributed by atoms with Crippen LogP contribution in [-0.2, 0) is 19.6 Å². The van der Waals surface area contributed by atoms with Crippen molar-refractivity contribution in [2.75, 3.05) is 7.05 Å². The predicted octanol–water partition coefficient (Wildman–Crippen LogP) is 3.06. The van der Waals surface area contributed by atoms with Crippen molar-refractivity contribution in [1.82, 2.24) is 4.90 Å². The van der Waals surface area contributed by atoms with Crippen LogP contribution in [0.25, 0.3) is 0 Å². The molecule has 0 amide bonds. The number of halogens is 2. The van der Waals surface area contributed by atoms with Crippen LogP contribution >= 0.6 is 0 Å². The van der Waals surface area contributed by atoms with Gasteiger partial charge in [-0.05, 0) is 13.1 Å². The van der Waals surface area contributed by atoms with E-state index in [1.54, 1.807) is 36.4 Å². The number of hydrogen-bond donors (Lipinski definition) is 1. The summed E-state index contributed by atoms with van der Waals surface area (Å²) in [6.07, 6.45) is 0. The zero-order valence-electron chi connectivity index (χ0n) is 11.4. The van der Waals surface area contributed by atoms with Crippen molar-refractivity contribution in [2.45, 2.75) is 19.6 Å². The van der Waals surface area contributed by atoms with Gasteiger partial charge >= 0.3 is 0 Å². The van der Waals surface area contributed by atoms with Gasteiger partial charge < -0.3 is 5.73 Å². The maximum absolute atomic E-state index is 14.1. The predicted molar refractivity (Wildman–Crippen MR) is 75.9 cm³/mol. The van der Waals surface area contributed by atoms with Crippen LogP contribution in [0.15, 0.2) is 42.5 Å². The van der Waals surface area contributed by atoms with Crippen LogP contribution in [0.3, 0.4) is 0 Å². The van der Waals surface area contributed by atoms with Gasteiger partial charge in [-0.2, -0.15) is 0 Å². The number of nitrogens with two attached hydrogens (primary N) is 1. The van der Waals surface area contributed by atoms with Crippen LogP contribution in [0.2, 0.25) is 0 Å². The molecule has 4 heteroatoms. The lowest BCUT2D eigenvalue weighted by molar-refractivity contribution is 0.308. The molecule has 0 saturated carbocycles. The van der Waals surface area contributed by atoms with Gasteiger partial charge in [-0.15, -0.1) is 0 Å². The zero-order chi connectivity index (χ0) is 14.5. The Labute approximate surface area is 117 Å². The fourth-order valence-electron chi connectivity index (χ4n) is 2.18. The molecule has 0 aliphatic carbocycles. The first-order chi connectivity index (χ1) is 9.61. The molecule has 0 fully saturated rings. The van der Waals surface area contributed by atoms with Gasteiger partial charge in [0.25, 0.3) is 0 Å². The van der Waals surface area contributed by atoms with E-state index in [1.165, 1.54) is 6.07 Å². The van der Waals surface area contributed by atoms with E-state index < -0.39 is 0 Å². The summed E-state index contributed by atoms with van der Waals surface area (Å²) in [5.74, 6) is -0.508. The Balaban J connectivity index is 2.09. The second-order valence-corrected chi connectivity index (χ2v) is 4.86. The first kappa shape index (κ1) is 14.6. The lowest BCUT2D eigenvalue weighted by Crippen LogP contribution is -2.19. The molecule has 2 nitrogen and oxygen atoms in total. The Morgan fingerprint density at radius 2 is 1.50 bits per heavy atom. The van der Waals surface area contributed by atoms with E-state index in [0.717, 1.165) is 0 Å². The molecule has 0 aliphatic rings. The normalized spacial score (nSPS) is 11.1. The van der Waals surface area contributed by atoms with Gasteiger partial charge in [0.15, 0.2) is 0 Å². The van der Waals surface area contributed by atoms with Crippen LogP contribution < -0.4 is 5.73 Å². The molecule has 0 atom stereocenters. The lowest BCUT2D eigenvalue weighted by Gasteiger charge is -2.18. The zero-order valence-corrected chi connectivity index (χ0v) is 11.4. The molecule has 0 unspecified atom stereocenters. The molecule has 0 heterocycles. The SMILES string of the molecule is CN(Cc1ccccc1F)Cc1cccc(CN)c1F. The highest BCUT2D eigenvalue weighted by Gasteiger charge is 2.10. The van der Waals surface area contributed by atoms with Crippen molar-refractivity contribution in [3.05, 3.63) is 70.8 Å². The van der Waals surface area contributed by atoms with E-state index >= 15 is 0 Å². The van der Waals surface area contributed by atoms with Crippen molar-refractivity contribution in [2.24, 2.45) is 5.73 Å².